The van der Waals surface area contributed by atoms with E-state index in [0.717, 1.165) is 38.9 Å². The van der Waals surface area contributed by atoms with Gasteiger partial charge in [0.15, 0.2) is 0 Å². The SMILES string of the molecule is c1cnc2c(Cc3nc(-c4ccc(-n5cnc6ccccc65)nc4)no3)cccc2c1. The van der Waals surface area contributed by atoms with Crippen LogP contribution in [-0.4, -0.2) is 29.7 Å². The van der Waals surface area contributed by atoms with Gasteiger partial charge in [0, 0.05) is 23.3 Å². The highest BCUT2D eigenvalue weighted by Gasteiger charge is 2.12. The van der Waals surface area contributed by atoms with Crippen LogP contribution >= 0.6 is 0 Å². The first-order valence-corrected chi connectivity index (χ1v) is 9.89. The molecule has 0 radical (unpaired) electrons. The Balaban J connectivity index is 1.28. The second-order valence-corrected chi connectivity index (χ2v) is 7.19. The van der Waals surface area contributed by atoms with E-state index in [-0.39, 0.29) is 0 Å². The van der Waals surface area contributed by atoms with E-state index in [4.69, 9.17) is 4.52 Å². The molecule has 0 aliphatic carbocycles. The molecule has 6 rings (SSSR count). The average Bonchev–Trinajstić information content (AvgIpc) is 3.47. The number of hydrogen-bond donors (Lipinski definition) is 0. The molecule has 2 aromatic carbocycles. The molecule has 0 atom stereocenters. The normalized spacial score (nSPS) is 11.4. The van der Waals surface area contributed by atoms with Crippen LogP contribution in [0.15, 0.2) is 90.0 Å². The van der Waals surface area contributed by atoms with Gasteiger partial charge in [-0.3, -0.25) is 9.55 Å². The zero-order chi connectivity index (χ0) is 20.6. The van der Waals surface area contributed by atoms with Crippen molar-refractivity contribution in [1.82, 2.24) is 29.7 Å². The van der Waals surface area contributed by atoms with Crippen LogP contribution in [0.25, 0.3) is 39.1 Å². The van der Waals surface area contributed by atoms with Gasteiger partial charge in [-0.1, -0.05) is 41.6 Å². The van der Waals surface area contributed by atoms with E-state index >= 15 is 0 Å². The minimum absolute atomic E-state index is 0.512. The van der Waals surface area contributed by atoms with Crippen LogP contribution in [0.2, 0.25) is 0 Å². The minimum Gasteiger partial charge on any atom is -0.339 e. The van der Waals surface area contributed by atoms with Gasteiger partial charge >= 0.3 is 0 Å². The van der Waals surface area contributed by atoms with Crippen molar-refractivity contribution < 1.29 is 4.52 Å². The molecule has 7 nitrogen and oxygen atoms in total. The van der Waals surface area contributed by atoms with Crippen molar-refractivity contribution in [3.63, 3.8) is 0 Å². The van der Waals surface area contributed by atoms with E-state index in [1.165, 1.54) is 0 Å². The van der Waals surface area contributed by atoms with Crippen LogP contribution in [0.3, 0.4) is 0 Å². The van der Waals surface area contributed by atoms with Crippen molar-refractivity contribution in [2.45, 2.75) is 6.42 Å². The molecule has 148 valence electrons. The predicted octanol–water partition coefficient (Wildman–Crippen LogP) is 4.61. The van der Waals surface area contributed by atoms with Crippen LogP contribution in [0.5, 0.6) is 0 Å². The summed E-state index contributed by atoms with van der Waals surface area (Å²) >= 11 is 0. The molecule has 0 spiro atoms. The third-order valence-electron chi connectivity index (χ3n) is 5.23. The van der Waals surface area contributed by atoms with Gasteiger partial charge in [0.05, 0.1) is 23.0 Å². The van der Waals surface area contributed by atoms with Crippen LogP contribution in [0.1, 0.15) is 11.5 Å². The van der Waals surface area contributed by atoms with Gasteiger partial charge in [-0.2, -0.15) is 4.98 Å². The summed E-state index contributed by atoms with van der Waals surface area (Å²) in [6.45, 7) is 0. The number of imidazole rings is 1. The number of pyridine rings is 2. The molecule has 4 aromatic heterocycles. The molecule has 0 amide bonds. The summed E-state index contributed by atoms with van der Waals surface area (Å²) in [6, 6.07) is 21.9. The molecule has 6 aromatic rings. The van der Waals surface area contributed by atoms with E-state index in [0.29, 0.717) is 18.1 Å². The Kier molecular flexibility index (Phi) is 4.02. The van der Waals surface area contributed by atoms with Crippen LogP contribution in [0.4, 0.5) is 0 Å². The van der Waals surface area contributed by atoms with Gasteiger partial charge in [-0.05, 0) is 35.9 Å². The number of rotatable bonds is 4. The van der Waals surface area contributed by atoms with E-state index in [1.54, 1.807) is 18.7 Å². The molecular formula is C24H16N6O. The molecule has 0 aliphatic heterocycles. The molecule has 7 heteroatoms. The number of hydrogen-bond acceptors (Lipinski definition) is 6. The molecule has 4 heterocycles. The van der Waals surface area contributed by atoms with E-state index in [9.17, 15) is 0 Å². The van der Waals surface area contributed by atoms with Gasteiger partial charge in [0.2, 0.25) is 11.7 Å². The Morgan fingerprint density at radius 3 is 2.71 bits per heavy atom. The quantitative estimate of drug-likeness (QED) is 0.427. The van der Waals surface area contributed by atoms with Crippen molar-refractivity contribution in [2.75, 3.05) is 0 Å². The van der Waals surface area contributed by atoms with Gasteiger partial charge in [-0.25, -0.2) is 9.97 Å². The highest BCUT2D eigenvalue weighted by molar-refractivity contribution is 5.81. The maximum atomic E-state index is 5.50. The Hall–Kier alpha value is -4.39. The highest BCUT2D eigenvalue weighted by Crippen LogP contribution is 2.22. The van der Waals surface area contributed by atoms with E-state index < -0.39 is 0 Å². The van der Waals surface area contributed by atoms with Crippen LogP contribution in [0, 0.1) is 0 Å². The third-order valence-corrected chi connectivity index (χ3v) is 5.23. The summed E-state index contributed by atoms with van der Waals surface area (Å²) in [5, 5.41) is 5.23. The summed E-state index contributed by atoms with van der Waals surface area (Å²) in [7, 11) is 0. The smallest absolute Gasteiger partial charge is 0.231 e. The minimum atomic E-state index is 0.512. The molecule has 0 aliphatic rings. The van der Waals surface area contributed by atoms with Crippen molar-refractivity contribution in [2.24, 2.45) is 0 Å². The molecule has 0 bridgehead atoms. The summed E-state index contributed by atoms with van der Waals surface area (Å²) in [6.07, 6.45) is 5.84. The number of fused-ring (bicyclic) bond motifs is 2. The van der Waals surface area contributed by atoms with Crippen molar-refractivity contribution in [3.05, 3.63) is 96.9 Å². The van der Waals surface area contributed by atoms with E-state index in [1.807, 2.05) is 71.3 Å². The van der Waals surface area contributed by atoms with Crippen molar-refractivity contribution in [1.29, 1.82) is 0 Å². The fourth-order valence-corrected chi connectivity index (χ4v) is 3.72. The van der Waals surface area contributed by atoms with Crippen LogP contribution in [-0.2, 0) is 6.42 Å². The molecule has 0 saturated carbocycles. The zero-order valence-corrected chi connectivity index (χ0v) is 16.4. The Morgan fingerprint density at radius 1 is 0.839 bits per heavy atom. The molecule has 0 fully saturated rings. The standard InChI is InChI=1S/C24H16N6O/c1-2-9-20-19(8-1)27-15-30(20)21-11-10-18(14-26-21)24-28-22(31-29-24)13-17-6-3-5-16-7-4-12-25-23(16)17/h1-12,14-15H,13H2. The number of para-hydroxylation sites is 3. The maximum Gasteiger partial charge on any atom is 0.231 e. The predicted molar refractivity (Wildman–Crippen MR) is 117 cm³/mol. The molecule has 31 heavy (non-hydrogen) atoms. The Bertz CT molecular complexity index is 1510. The Morgan fingerprint density at radius 2 is 1.77 bits per heavy atom. The lowest BCUT2D eigenvalue weighted by Gasteiger charge is -2.03. The summed E-state index contributed by atoms with van der Waals surface area (Å²) in [4.78, 5) is 18.0. The second kappa shape index (κ2) is 7.14. The first-order valence-electron chi connectivity index (χ1n) is 9.89. The number of nitrogens with zero attached hydrogens (tertiary/aromatic N) is 6. The highest BCUT2D eigenvalue weighted by atomic mass is 16.5. The molecule has 0 unspecified atom stereocenters. The van der Waals surface area contributed by atoms with Gasteiger partial charge in [-0.15, -0.1) is 0 Å². The topological polar surface area (TPSA) is 82.5 Å². The maximum absolute atomic E-state index is 5.50. The number of benzene rings is 2. The average molecular weight is 404 g/mol. The Labute approximate surface area is 177 Å². The zero-order valence-electron chi connectivity index (χ0n) is 16.4. The van der Waals surface area contributed by atoms with Crippen molar-refractivity contribution in [3.8, 4) is 17.2 Å². The van der Waals surface area contributed by atoms with Gasteiger partial charge in [0.1, 0.15) is 12.1 Å². The fraction of sp³-hybridized carbons (Fsp3) is 0.0417. The lowest BCUT2D eigenvalue weighted by atomic mass is 10.1. The first kappa shape index (κ1) is 17.5. The van der Waals surface area contributed by atoms with Crippen molar-refractivity contribution >= 4 is 21.9 Å². The third kappa shape index (κ3) is 3.12. The summed E-state index contributed by atoms with van der Waals surface area (Å²) < 4.78 is 7.45. The molecule has 0 N–H and O–H groups in total. The van der Waals surface area contributed by atoms with E-state index in [2.05, 4.69) is 25.1 Å². The summed E-state index contributed by atoms with van der Waals surface area (Å²) in [5.41, 5.74) is 4.73. The largest absolute Gasteiger partial charge is 0.339 e. The van der Waals surface area contributed by atoms with Gasteiger partial charge in [0.25, 0.3) is 0 Å². The summed E-state index contributed by atoms with van der Waals surface area (Å²) in [5.74, 6) is 1.83. The van der Waals surface area contributed by atoms with Gasteiger partial charge < -0.3 is 4.52 Å². The lowest BCUT2D eigenvalue weighted by Crippen LogP contribution is -1.96. The lowest BCUT2D eigenvalue weighted by molar-refractivity contribution is 0.386. The van der Waals surface area contributed by atoms with Crippen LogP contribution < -0.4 is 0 Å². The monoisotopic (exact) mass is 404 g/mol. The number of aromatic nitrogens is 6. The molecular weight excluding hydrogens is 388 g/mol. The second-order valence-electron chi connectivity index (χ2n) is 7.19. The first-order chi connectivity index (χ1) is 15.3. The molecule has 0 saturated heterocycles. The fourth-order valence-electron chi connectivity index (χ4n) is 3.72.